The maximum absolute atomic E-state index is 2.54. The largest absolute Gasteiger partial charge is 0.134 e. The molecule has 0 saturated heterocycles. The molecule has 0 aromatic rings. The highest BCUT2D eigenvalue weighted by Gasteiger charge is 2.06. The Morgan fingerprint density at radius 1 is 1.11 bits per heavy atom. The molecule has 2 atom stereocenters. The van der Waals surface area contributed by atoms with Crippen LogP contribution in [0.25, 0.3) is 11.1 Å². The molecule has 2 unspecified atom stereocenters. The van der Waals surface area contributed by atoms with E-state index < -0.39 is 0 Å². The highest BCUT2D eigenvalue weighted by molar-refractivity contribution is 7.36. The second-order valence-electron chi connectivity index (χ2n) is 1.82. The highest BCUT2D eigenvalue weighted by atomic mass is 31.1. The molecule has 0 aromatic carbocycles. The first-order chi connectivity index (χ1) is 4.38. The van der Waals surface area contributed by atoms with Crippen LogP contribution in [0.5, 0.6) is 0 Å². The summed E-state index contributed by atoms with van der Waals surface area (Å²) < 4.78 is 0. The van der Waals surface area contributed by atoms with Crippen LogP contribution < -0.4 is 0 Å². The third-order valence-electron chi connectivity index (χ3n) is 1.11. The fraction of sp³-hybridized carbons (Fsp3) is 0.143. The van der Waals surface area contributed by atoms with Gasteiger partial charge in [0, 0.05) is 0 Å². The molecule has 0 amide bonds. The maximum Gasteiger partial charge on any atom is -0.0178 e. The minimum Gasteiger partial charge on any atom is -0.134 e. The molecule has 0 radical (unpaired) electrons. The van der Waals surface area contributed by atoms with Gasteiger partial charge < -0.3 is 0 Å². The topological polar surface area (TPSA) is 0 Å². The van der Waals surface area contributed by atoms with Crippen molar-refractivity contribution in [1.82, 2.24) is 0 Å². The molecular weight excluding hydrogens is 146 g/mol. The number of fused-ring (bicyclic) bond motifs is 1. The van der Waals surface area contributed by atoms with Gasteiger partial charge in [0.05, 0.1) is 0 Å². The lowest BCUT2D eigenvalue weighted by atomic mass is 10.6. The van der Waals surface area contributed by atoms with Crippen LogP contribution in [0.2, 0.25) is 0 Å². The van der Waals surface area contributed by atoms with Gasteiger partial charge in [-0.1, -0.05) is 18.2 Å². The molecule has 48 valence electrons. The molecule has 2 rings (SSSR count). The van der Waals surface area contributed by atoms with E-state index in [-0.39, 0.29) is 0 Å². The summed E-state index contributed by atoms with van der Waals surface area (Å²) in [6.07, 6.45) is 0. The zero-order chi connectivity index (χ0) is 6.69. The molecule has 0 bridgehead atoms. The van der Waals surface area contributed by atoms with Gasteiger partial charge in [-0.25, -0.2) is 0 Å². The summed E-state index contributed by atoms with van der Waals surface area (Å²) in [5, 5.41) is 0. The van der Waals surface area contributed by atoms with E-state index in [1.807, 2.05) is 0 Å². The van der Waals surface area contributed by atoms with E-state index in [0.717, 1.165) is 5.90 Å². The van der Waals surface area contributed by atoms with E-state index in [4.69, 9.17) is 0 Å². The van der Waals surface area contributed by atoms with E-state index in [1.165, 1.54) is 11.1 Å². The average molecular weight is 156 g/mol. The van der Waals surface area contributed by atoms with Gasteiger partial charge in [-0.2, -0.15) is 0 Å². The lowest BCUT2D eigenvalue weighted by Gasteiger charge is -1.49. The molecule has 0 spiro atoms. The lowest BCUT2D eigenvalue weighted by molar-refractivity contribution is 2.01. The average Bonchev–Trinajstić information content (AvgIpc) is 2.43. The van der Waals surface area contributed by atoms with Crippen molar-refractivity contribution in [2.75, 3.05) is 5.90 Å². The van der Waals surface area contributed by atoms with E-state index in [1.54, 1.807) is 0 Å². The Labute approximate surface area is 60.5 Å². The van der Waals surface area contributed by atoms with Crippen molar-refractivity contribution >= 4 is 18.5 Å². The summed E-state index contributed by atoms with van der Waals surface area (Å²) in [6, 6.07) is 8.48. The Balaban J connectivity index is 0.000000120. The van der Waals surface area contributed by atoms with Crippen LogP contribution >= 0.6 is 18.5 Å². The quantitative estimate of drug-likeness (QED) is 0.513. The van der Waals surface area contributed by atoms with Crippen LogP contribution in [0.4, 0.5) is 0 Å². The van der Waals surface area contributed by atoms with Crippen LogP contribution in [-0.4, -0.2) is 5.90 Å². The van der Waals surface area contributed by atoms with Crippen molar-refractivity contribution < 1.29 is 0 Å². The molecule has 0 aromatic heterocycles. The molecule has 0 fully saturated rings. The monoisotopic (exact) mass is 156 g/mol. The summed E-state index contributed by atoms with van der Waals surface area (Å²) in [7, 11) is 5.08. The van der Waals surface area contributed by atoms with Gasteiger partial charge >= 0.3 is 0 Å². The molecule has 0 heterocycles. The second-order valence-corrected chi connectivity index (χ2v) is 3.70. The Morgan fingerprint density at radius 2 is 1.56 bits per heavy atom. The van der Waals surface area contributed by atoms with Crippen molar-refractivity contribution in [2.24, 2.45) is 0 Å². The minimum atomic E-state index is 1.08. The third kappa shape index (κ3) is 2.05. The summed E-state index contributed by atoms with van der Waals surface area (Å²) >= 11 is 0. The van der Waals surface area contributed by atoms with Crippen molar-refractivity contribution in [3.05, 3.63) is 24.3 Å². The predicted molar refractivity (Wildman–Crippen MR) is 49.7 cm³/mol. The number of hydrogen-bond donors (Lipinski definition) is 0. The van der Waals surface area contributed by atoms with E-state index >= 15 is 0 Å². The molecular formula is C7H10P2. The van der Waals surface area contributed by atoms with Crippen LogP contribution in [0.1, 0.15) is 0 Å². The standard InChI is InChI=1S/C6H4.CH6P2/c1-2-5-4-6(5)3-1;2-1-3/h1-4H;1-3H2. The summed E-state index contributed by atoms with van der Waals surface area (Å²) in [4.78, 5) is 0. The SMILES string of the molecule is PCP.c1cc2cc-2c1. The summed E-state index contributed by atoms with van der Waals surface area (Å²) in [5.41, 5.74) is 2.85. The Bertz CT molecular complexity index is 179. The highest BCUT2D eigenvalue weighted by Crippen LogP contribution is 2.32. The normalized spacial score (nSPS) is 9.56. The molecule has 0 nitrogen and oxygen atoms in total. The van der Waals surface area contributed by atoms with E-state index in [9.17, 15) is 0 Å². The third-order valence-corrected chi connectivity index (χ3v) is 1.11. The minimum absolute atomic E-state index is 1.08. The van der Waals surface area contributed by atoms with Gasteiger partial charge in [0.25, 0.3) is 0 Å². The number of hydrogen-bond acceptors (Lipinski definition) is 0. The Hall–Kier alpha value is 0.0800. The first-order valence-corrected chi connectivity index (χ1v) is 4.52. The van der Waals surface area contributed by atoms with E-state index in [0.29, 0.717) is 0 Å². The molecule has 2 aliphatic carbocycles. The molecule has 0 saturated carbocycles. The second kappa shape index (κ2) is 3.30. The van der Waals surface area contributed by atoms with Crippen molar-refractivity contribution in [3.8, 4) is 11.1 Å². The van der Waals surface area contributed by atoms with Crippen molar-refractivity contribution in [1.29, 1.82) is 0 Å². The fourth-order valence-corrected chi connectivity index (χ4v) is 0.676. The summed E-state index contributed by atoms with van der Waals surface area (Å²) in [6.45, 7) is 0. The Kier molecular flexibility index (Phi) is 2.64. The van der Waals surface area contributed by atoms with Gasteiger partial charge in [-0.15, -0.1) is 18.5 Å². The zero-order valence-corrected chi connectivity index (χ0v) is 7.48. The molecule has 2 heteroatoms. The van der Waals surface area contributed by atoms with Crippen LogP contribution in [0, 0.1) is 0 Å². The smallest absolute Gasteiger partial charge is 0.0178 e. The fourth-order valence-electron chi connectivity index (χ4n) is 0.676. The van der Waals surface area contributed by atoms with Crippen molar-refractivity contribution in [3.63, 3.8) is 0 Å². The first-order valence-electron chi connectivity index (χ1n) is 2.89. The van der Waals surface area contributed by atoms with Crippen LogP contribution in [-0.2, 0) is 0 Å². The predicted octanol–water partition coefficient (Wildman–Crippen LogP) is 2.36. The maximum atomic E-state index is 2.54. The Morgan fingerprint density at radius 3 is 1.67 bits per heavy atom. The van der Waals surface area contributed by atoms with Crippen molar-refractivity contribution in [2.45, 2.75) is 0 Å². The van der Waals surface area contributed by atoms with Gasteiger partial charge in [-0.05, 0) is 23.1 Å². The summed E-state index contributed by atoms with van der Waals surface area (Å²) in [5.74, 6) is 1.08. The molecule has 0 N–H and O–H groups in total. The van der Waals surface area contributed by atoms with Gasteiger partial charge in [0.15, 0.2) is 0 Å². The first kappa shape index (κ1) is 7.19. The van der Waals surface area contributed by atoms with Crippen LogP contribution in [0.3, 0.4) is 0 Å². The molecule has 9 heavy (non-hydrogen) atoms. The van der Waals surface area contributed by atoms with Gasteiger partial charge in [0.1, 0.15) is 0 Å². The molecule has 2 aliphatic rings. The van der Waals surface area contributed by atoms with Crippen LogP contribution in [0.15, 0.2) is 24.3 Å². The van der Waals surface area contributed by atoms with E-state index in [2.05, 4.69) is 42.7 Å². The zero-order valence-electron chi connectivity index (χ0n) is 5.17. The van der Waals surface area contributed by atoms with Gasteiger partial charge in [-0.3, -0.25) is 0 Å². The molecule has 0 aliphatic heterocycles. The number of benzene rings is 1. The van der Waals surface area contributed by atoms with Gasteiger partial charge in [0.2, 0.25) is 0 Å². The number of rotatable bonds is 0. The lowest BCUT2D eigenvalue weighted by Crippen LogP contribution is -1.23.